The first-order chi connectivity index (χ1) is 9.92. The third-order valence-corrected chi connectivity index (χ3v) is 3.48. The molecule has 2 aromatic rings. The van der Waals surface area contributed by atoms with Crippen LogP contribution in [0.1, 0.15) is 5.56 Å². The number of ether oxygens (including phenoxy) is 1. The maximum atomic E-state index is 13.5. The molecule has 0 aromatic heterocycles. The van der Waals surface area contributed by atoms with Gasteiger partial charge in [-0.05, 0) is 34.1 Å². The maximum Gasteiger partial charge on any atom is 0.312 e. The van der Waals surface area contributed by atoms with Gasteiger partial charge in [-0.2, -0.15) is 0 Å². The number of nitro benzene ring substituents is 1. The van der Waals surface area contributed by atoms with Gasteiger partial charge in [-0.3, -0.25) is 10.1 Å². The molecule has 0 unspecified atom stereocenters. The SMILES string of the molecule is O=[N+]([O-])c1cc(Br)c(F)cc1Oc1ccc(F)cc1CCl. The molecule has 0 aliphatic heterocycles. The minimum absolute atomic E-state index is 0.0557. The van der Waals surface area contributed by atoms with E-state index in [2.05, 4.69) is 15.9 Å². The summed E-state index contributed by atoms with van der Waals surface area (Å²) in [6, 6.07) is 5.41. The molecule has 0 bridgehead atoms. The zero-order chi connectivity index (χ0) is 15.6. The van der Waals surface area contributed by atoms with E-state index in [-0.39, 0.29) is 21.9 Å². The number of alkyl halides is 1. The van der Waals surface area contributed by atoms with Crippen LogP contribution in [0.3, 0.4) is 0 Å². The van der Waals surface area contributed by atoms with Crippen molar-refractivity contribution in [3.63, 3.8) is 0 Å². The Labute approximate surface area is 131 Å². The third-order valence-electron chi connectivity index (χ3n) is 2.58. The van der Waals surface area contributed by atoms with E-state index >= 15 is 0 Å². The van der Waals surface area contributed by atoms with E-state index in [9.17, 15) is 18.9 Å². The summed E-state index contributed by atoms with van der Waals surface area (Å²) >= 11 is 8.53. The molecule has 0 heterocycles. The average Bonchev–Trinajstić information content (AvgIpc) is 2.44. The van der Waals surface area contributed by atoms with Crippen LogP contribution in [0.5, 0.6) is 11.5 Å². The highest BCUT2D eigenvalue weighted by molar-refractivity contribution is 9.10. The monoisotopic (exact) mass is 377 g/mol. The van der Waals surface area contributed by atoms with E-state index in [0.717, 1.165) is 24.3 Å². The predicted octanol–water partition coefficient (Wildman–Crippen LogP) is 5.17. The van der Waals surface area contributed by atoms with Crippen molar-refractivity contribution >= 4 is 33.2 Å². The molecule has 0 saturated heterocycles. The van der Waals surface area contributed by atoms with Crippen molar-refractivity contribution in [1.29, 1.82) is 0 Å². The first kappa shape index (κ1) is 15.7. The quantitative estimate of drug-likeness (QED) is 0.419. The fourth-order valence-electron chi connectivity index (χ4n) is 1.61. The van der Waals surface area contributed by atoms with Gasteiger partial charge in [0.2, 0.25) is 5.75 Å². The van der Waals surface area contributed by atoms with Crippen LogP contribution in [0, 0.1) is 21.7 Å². The van der Waals surface area contributed by atoms with Crippen LogP contribution in [0.2, 0.25) is 0 Å². The molecule has 0 atom stereocenters. The number of rotatable bonds is 4. The Morgan fingerprint density at radius 3 is 2.57 bits per heavy atom. The van der Waals surface area contributed by atoms with Gasteiger partial charge in [0.15, 0.2) is 0 Å². The zero-order valence-electron chi connectivity index (χ0n) is 10.3. The van der Waals surface area contributed by atoms with Gasteiger partial charge in [-0.15, -0.1) is 11.6 Å². The standard InChI is InChI=1S/C13H7BrClF2NO3/c14-9-4-11(18(19)20)13(5-10(9)17)21-12-2-1-8(16)3-7(12)6-15/h1-5H,6H2. The number of nitrogens with zero attached hydrogens (tertiary/aromatic N) is 1. The Morgan fingerprint density at radius 1 is 1.24 bits per heavy atom. The summed E-state index contributed by atoms with van der Waals surface area (Å²) in [5.41, 5.74) is -0.123. The Bertz CT molecular complexity index is 712. The second-order valence-electron chi connectivity index (χ2n) is 3.98. The molecule has 0 N–H and O–H groups in total. The molecule has 0 aliphatic rings. The normalized spacial score (nSPS) is 10.5. The second-order valence-corrected chi connectivity index (χ2v) is 5.10. The smallest absolute Gasteiger partial charge is 0.312 e. The molecule has 0 radical (unpaired) electrons. The summed E-state index contributed by atoms with van der Waals surface area (Å²) in [6.07, 6.45) is 0. The summed E-state index contributed by atoms with van der Waals surface area (Å²) in [5.74, 6) is -1.46. The molecule has 21 heavy (non-hydrogen) atoms. The van der Waals surface area contributed by atoms with Crippen molar-refractivity contribution in [3.05, 3.63) is 62.1 Å². The second kappa shape index (κ2) is 6.36. The lowest BCUT2D eigenvalue weighted by atomic mass is 10.2. The first-order valence-corrected chi connectivity index (χ1v) is 6.91. The minimum Gasteiger partial charge on any atom is -0.450 e. The molecule has 0 aliphatic carbocycles. The van der Waals surface area contributed by atoms with Gasteiger partial charge in [-0.25, -0.2) is 8.78 Å². The summed E-state index contributed by atoms with van der Waals surface area (Å²) in [5, 5.41) is 11.0. The fraction of sp³-hybridized carbons (Fsp3) is 0.0769. The molecule has 0 fully saturated rings. The van der Waals surface area contributed by atoms with Crippen molar-refractivity contribution in [2.24, 2.45) is 0 Å². The van der Waals surface area contributed by atoms with Crippen LogP contribution < -0.4 is 4.74 Å². The van der Waals surface area contributed by atoms with E-state index in [1.54, 1.807) is 0 Å². The molecule has 2 aromatic carbocycles. The van der Waals surface area contributed by atoms with E-state index < -0.39 is 22.2 Å². The van der Waals surface area contributed by atoms with Crippen molar-refractivity contribution in [3.8, 4) is 11.5 Å². The lowest BCUT2D eigenvalue weighted by molar-refractivity contribution is -0.385. The van der Waals surface area contributed by atoms with Crippen LogP contribution in [0.15, 0.2) is 34.8 Å². The van der Waals surface area contributed by atoms with Crippen molar-refractivity contribution in [1.82, 2.24) is 0 Å². The Kier molecular flexibility index (Phi) is 4.74. The molecule has 4 nitrogen and oxygen atoms in total. The summed E-state index contributed by atoms with van der Waals surface area (Å²) in [4.78, 5) is 10.3. The summed E-state index contributed by atoms with van der Waals surface area (Å²) < 4.78 is 31.9. The van der Waals surface area contributed by atoms with Crippen LogP contribution in [0.4, 0.5) is 14.5 Å². The molecule has 2 rings (SSSR count). The van der Waals surface area contributed by atoms with Crippen molar-refractivity contribution < 1.29 is 18.4 Å². The van der Waals surface area contributed by atoms with Gasteiger partial charge in [0.05, 0.1) is 15.3 Å². The van der Waals surface area contributed by atoms with Crippen LogP contribution in [-0.4, -0.2) is 4.92 Å². The van der Waals surface area contributed by atoms with Gasteiger partial charge < -0.3 is 4.74 Å². The topological polar surface area (TPSA) is 52.4 Å². The summed E-state index contributed by atoms with van der Waals surface area (Å²) in [7, 11) is 0. The van der Waals surface area contributed by atoms with Gasteiger partial charge in [0.25, 0.3) is 0 Å². The van der Waals surface area contributed by atoms with E-state index in [1.807, 2.05) is 0 Å². The van der Waals surface area contributed by atoms with Gasteiger partial charge in [0.1, 0.15) is 17.4 Å². The highest BCUT2D eigenvalue weighted by atomic mass is 79.9. The fourth-order valence-corrected chi connectivity index (χ4v) is 2.15. The predicted molar refractivity (Wildman–Crippen MR) is 76.8 cm³/mol. The number of hydrogen-bond donors (Lipinski definition) is 0. The van der Waals surface area contributed by atoms with Crippen LogP contribution >= 0.6 is 27.5 Å². The van der Waals surface area contributed by atoms with Gasteiger partial charge >= 0.3 is 5.69 Å². The lowest BCUT2D eigenvalue weighted by Gasteiger charge is -2.10. The zero-order valence-corrected chi connectivity index (χ0v) is 12.6. The number of hydrogen-bond acceptors (Lipinski definition) is 3. The highest BCUT2D eigenvalue weighted by Crippen LogP contribution is 2.37. The largest absolute Gasteiger partial charge is 0.450 e. The van der Waals surface area contributed by atoms with Crippen LogP contribution in [-0.2, 0) is 5.88 Å². The van der Waals surface area contributed by atoms with Gasteiger partial charge in [0, 0.05) is 17.7 Å². The molecular formula is C13H7BrClF2NO3. The molecule has 0 spiro atoms. The summed E-state index contributed by atoms with van der Waals surface area (Å²) in [6.45, 7) is 0. The average molecular weight is 379 g/mol. The van der Waals surface area contributed by atoms with Crippen molar-refractivity contribution in [2.45, 2.75) is 5.88 Å². The van der Waals surface area contributed by atoms with Gasteiger partial charge in [-0.1, -0.05) is 0 Å². The number of nitro groups is 1. The number of benzene rings is 2. The number of halogens is 4. The highest BCUT2D eigenvalue weighted by Gasteiger charge is 2.20. The maximum absolute atomic E-state index is 13.5. The molecule has 110 valence electrons. The van der Waals surface area contributed by atoms with E-state index in [1.165, 1.54) is 6.07 Å². The first-order valence-electron chi connectivity index (χ1n) is 5.58. The third kappa shape index (κ3) is 3.48. The Balaban J connectivity index is 2.48. The van der Waals surface area contributed by atoms with Crippen LogP contribution in [0.25, 0.3) is 0 Å². The van der Waals surface area contributed by atoms with Crippen molar-refractivity contribution in [2.75, 3.05) is 0 Å². The van der Waals surface area contributed by atoms with E-state index in [4.69, 9.17) is 16.3 Å². The Hall–Kier alpha value is -1.73. The molecule has 0 saturated carbocycles. The lowest BCUT2D eigenvalue weighted by Crippen LogP contribution is -1.97. The molecule has 0 amide bonds. The molecular weight excluding hydrogens is 372 g/mol. The Morgan fingerprint density at radius 2 is 1.95 bits per heavy atom. The van der Waals surface area contributed by atoms with E-state index in [0.29, 0.717) is 5.56 Å². The molecule has 8 heteroatoms. The minimum atomic E-state index is -0.717.